The largest absolute Gasteiger partial charge is 0.494 e. The second kappa shape index (κ2) is 14.8. The minimum atomic E-state index is -4.57. The highest BCUT2D eigenvalue weighted by atomic mass is 35.5. The van der Waals surface area contributed by atoms with E-state index >= 15 is 0 Å². The van der Waals surface area contributed by atoms with Crippen LogP contribution in [0.2, 0.25) is 5.02 Å². The molecular formula is C35H36ClF3N2O3. The average Bonchev–Trinajstić information content (AvgIpc) is 3.02. The van der Waals surface area contributed by atoms with Crippen molar-refractivity contribution < 1.29 is 27.8 Å². The van der Waals surface area contributed by atoms with Crippen molar-refractivity contribution in [2.75, 3.05) is 19.7 Å². The number of hydrogen-bond donors (Lipinski definition) is 2. The van der Waals surface area contributed by atoms with Crippen molar-refractivity contribution in [3.8, 4) is 5.75 Å². The van der Waals surface area contributed by atoms with Crippen molar-refractivity contribution in [3.05, 3.63) is 136 Å². The summed E-state index contributed by atoms with van der Waals surface area (Å²) < 4.78 is 47.3. The smallest absolute Gasteiger partial charge is 0.417 e. The molecule has 0 spiro atoms. The van der Waals surface area contributed by atoms with E-state index in [1.165, 1.54) is 6.07 Å². The molecule has 0 heterocycles. The molecule has 0 fully saturated rings. The van der Waals surface area contributed by atoms with Gasteiger partial charge in [0.05, 0.1) is 22.7 Å². The Morgan fingerprint density at radius 1 is 0.932 bits per heavy atom. The Morgan fingerprint density at radius 2 is 1.55 bits per heavy atom. The fourth-order valence-corrected chi connectivity index (χ4v) is 5.72. The first kappa shape index (κ1) is 33.1. The van der Waals surface area contributed by atoms with Crippen LogP contribution >= 0.6 is 11.6 Å². The molecule has 9 heteroatoms. The summed E-state index contributed by atoms with van der Waals surface area (Å²) >= 11 is 6.39. The molecule has 4 rings (SSSR count). The van der Waals surface area contributed by atoms with Gasteiger partial charge in [0.25, 0.3) is 0 Å². The fraction of sp³-hybridized carbons (Fsp3) is 0.286. The number of alkyl halides is 3. The maximum Gasteiger partial charge on any atom is 0.417 e. The lowest BCUT2D eigenvalue weighted by atomic mass is 9.82. The van der Waals surface area contributed by atoms with Crippen molar-refractivity contribution in [1.82, 2.24) is 10.2 Å². The zero-order chi connectivity index (χ0) is 31.7. The monoisotopic (exact) mass is 624 g/mol. The van der Waals surface area contributed by atoms with Gasteiger partial charge in [-0.25, -0.2) is 0 Å². The van der Waals surface area contributed by atoms with Gasteiger partial charge < -0.3 is 15.2 Å². The highest BCUT2D eigenvalue weighted by Crippen LogP contribution is 2.40. The summed E-state index contributed by atoms with van der Waals surface area (Å²) in [5, 5.41) is 12.3. The second-order valence-electron chi connectivity index (χ2n) is 10.6. The van der Waals surface area contributed by atoms with Crippen LogP contribution in [0.4, 0.5) is 13.2 Å². The number of likely N-dealkylation sites (N-methyl/N-ethyl adjacent to an activating group) is 1. The van der Waals surface area contributed by atoms with Gasteiger partial charge in [0.1, 0.15) is 11.8 Å². The molecule has 0 saturated carbocycles. The normalized spacial score (nSPS) is 12.7. The number of ether oxygens (including phenoxy) is 1. The van der Waals surface area contributed by atoms with E-state index in [1.54, 1.807) is 30.3 Å². The molecule has 44 heavy (non-hydrogen) atoms. The highest BCUT2D eigenvalue weighted by molar-refractivity contribution is 6.32. The number of benzene rings is 4. The fourth-order valence-electron chi connectivity index (χ4n) is 5.43. The van der Waals surface area contributed by atoms with Crippen molar-refractivity contribution >= 4 is 17.6 Å². The summed E-state index contributed by atoms with van der Waals surface area (Å²) in [7, 11) is 0. The van der Waals surface area contributed by atoms with Crippen LogP contribution in [0.15, 0.2) is 103 Å². The summed E-state index contributed by atoms with van der Waals surface area (Å²) in [5.74, 6) is -0.443. The maximum absolute atomic E-state index is 13.8. The minimum absolute atomic E-state index is 0.154. The van der Waals surface area contributed by atoms with E-state index in [9.17, 15) is 23.1 Å². The molecule has 1 atom stereocenters. The Bertz CT molecular complexity index is 1480. The third-order valence-electron chi connectivity index (χ3n) is 7.74. The van der Waals surface area contributed by atoms with Crippen molar-refractivity contribution in [2.24, 2.45) is 0 Å². The summed E-state index contributed by atoms with van der Waals surface area (Å²) in [6.07, 6.45) is -4.04. The SMILES string of the molecule is CCNC(C(=O)O)c1cccc(OCCCN(Cc2cccc(C(F)(F)F)c2Cl)C(C)(c2ccccc2)c2ccccc2)c1. The first-order valence-electron chi connectivity index (χ1n) is 14.4. The zero-order valence-electron chi connectivity index (χ0n) is 24.7. The number of rotatable bonds is 14. The van der Waals surface area contributed by atoms with E-state index in [4.69, 9.17) is 16.3 Å². The van der Waals surface area contributed by atoms with Crippen LogP contribution in [-0.2, 0) is 23.1 Å². The number of nitrogens with one attached hydrogen (secondary N) is 1. The second-order valence-corrected chi connectivity index (χ2v) is 11.0. The van der Waals surface area contributed by atoms with Gasteiger partial charge in [0.2, 0.25) is 0 Å². The van der Waals surface area contributed by atoms with Crippen LogP contribution in [0.3, 0.4) is 0 Å². The molecule has 0 amide bonds. The van der Waals surface area contributed by atoms with Crippen LogP contribution in [0, 0.1) is 0 Å². The molecule has 0 aliphatic rings. The van der Waals surface area contributed by atoms with Crippen LogP contribution in [0.5, 0.6) is 5.75 Å². The molecule has 0 aliphatic heterocycles. The molecule has 1 unspecified atom stereocenters. The van der Waals surface area contributed by atoms with E-state index in [2.05, 4.69) is 17.1 Å². The summed E-state index contributed by atoms with van der Waals surface area (Å²) in [6, 6.07) is 29.8. The summed E-state index contributed by atoms with van der Waals surface area (Å²) in [4.78, 5) is 13.9. The Hall–Kier alpha value is -3.85. The van der Waals surface area contributed by atoms with E-state index in [0.717, 1.165) is 17.2 Å². The van der Waals surface area contributed by atoms with Gasteiger partial charge in [0.15, 0.2) is 0 Å². The van der Waals surface area contributed by atoms with Crippen LogP contribution in [0.1, 0.15) is 54.1 Å². The molecule has 232 valence electrons. The van der Waals surface area contributed by atoms with Crippen molar-refractivity contribution in [1.29, 1.82) is 0 Å². The number of carboxylic acids is 1. The molecule has 0 saturated heterocycles. The number of carbonyl (C=O) groups is 1. The molecule has 4 aromatic carbocycles. The summed E-state index contributed by atoms with van der Waals surface area (Å²) in [5.41, 5.74) is 1.32. The maximum atomic E-state index is 13.8. The molecule has 0 radical (unpaired) electrons. The molecule has 0 bridgehead atoms. The molecule has 2 N–H and O–H groups in total. The van der Waals surface area contributed by atoms with Gasteiger partial charge in [-0.1, -0.05) is 103 Å². The Morgan fingerprint density at radius 3 is 2.11 bits per heavy atom. The van der Waals surface area contributed by atoms with E-state index < -0.39 is 29.3 Å². The molecule has 4 aromatic rings. The minimum Gasteiger partial charge on any atom is -0.494 e. The predicted octanol–water partition coefficient (Wildman–Crippen LogP) is 8.33. The van der Waals surface area contributed by atoms with Crippen molar-refractivity contribution in [3.63, 3.8) is 0 Å². The first-order valence-corrected chi connectivity index (χ1v) is 14.8. The zero-order valence-corrected chi connectivity index (χ0v) is 25.4. The quantitative estimate of drug-likeness (QED) is 0.138. The van der Waals surface area contributed by atoms with E-state index in [0.29, 0.717) is 43.0 Å². The van der Waals surface area contributed by atoms with E-state index in [1.807, 2.05) is 67.6 Å². The van der Waals surface area contributed by atoms with Gasteiger partial charge in [0, 0.05) is 13.1 Å². The number of hydrogen-bond acceptors (Lipinski definition) is 4. The van der Waals surface area contributed by atoms with Gasteiger partial charge in [-0.3, -0.25) is 9.69 Å². The predicted molar refractivity (Wildman–Crippen MR) is 167 cm³/mol. The summed E-state index contributed by atoms with van der Waals surface area (Å²) in [6.45, 7) is 5.32. The Balaban J connectivity index is 1.64. The Labute approximate surface area is 261 Å². The number of nitrogens with zero attached hydrogens (tertiary/aromatic N) is 1. The number of carboxylic acid groups (broad SMARTS) is 1. The molecule has 0 aliphatic carbocycles. The van der Waals surface area contributed by atoms with Crippen molar-refractivity contribution in [2.45, 2.75) is 44.6 Å². The topological polar surface area (TPSA) is 61.8 Å². The van der Waals surface area contributed by atoms with Crippen LogP contribution < -0.4 is 10.1 Å². The molecule has 0 aromatic heterocycles. The number of halogens is 4. The van der Waals surface area contributed by atoms with Gasteiger partial charge >= 0.3 is 12.1 Å². The first-order chi connectivity index (χ1) is 21.1. The van der Waals surface area contributed by atoms with Crippen LogP contribution in [-0.4, -0.2) is 35.7 Å². The van der Waals surface area contributed by atoms with Crippen LogP contribution in [0.25, 0.3) is 0 Å². The average molecular weight is 625 g/mol. The molecule has 5 nitrogen and oxygen atoms in total. The lowest BCUT2D eigenvalue weighted by Gasteiger charge is -2.43. The Kier molecular flexibility index (Phi) is 11.1. The highest BCUT2D eigenvalue weighted by Gasteiger charge is 2.38. The van der Waals surface area contributed by atoms with Gasteiger partial charge in [-0.2, -0.15) is 13.2 Å². The third kappa shape index (κ3) is 7.80. The van der Waals surface area contributed by atoms with E-state index in [-0.39, 0.29) is 11.6 Å². The van der Waals surface area contributed by atoms with Gasteiger partial charge in [-0.15, -0.1) is 0 Å². The lowest BCUT2D eigenvalue weighted by molar-refractivity contribution is -0.140. The third-order valence-corrected chi connectivity index (χ3v) is 8.18. The molecular weight excluding hydrogens is 589 g/mol. The standard InChI is InChI=1S/C35H36ClF3N2O3/c1-3-40-32(33(42)43)25-13-10-19-29(23-25)44-22-12-21-41(24-26-14-11-20-30(31(26)36)35(37,38)39)34(2,27-15-6-4-7-16-27)28-17-8-5-9-18-28/h4-11,13-20,23,32,40H,3,12,21-22,24H2,1-2H3,(H,42,43). The van der Waals surface area contributed by atoms with Gasteiger partial charge in [-0.05, 0) is 60.3 Å². The lowest BCUT2D eigenvalue weighted by Crippen LogP contribution is -2.45. The number of aliphatic carboxylic acids is 1.